The van der Waals surface area contributed by atoms with E-state index in [1.165, 1.54) is 4.31 Å². The van der Waals surface area contributed by atoms with Crippen molar-refractivity contribution in [3.8, 4) is 0 Å². The van der Waals surface area contributed by atoms with E-state index in [9.17, 15) is 8.42 Å². The summed E-state index contributed by atoms with van der Waals surface area (Å²) in [5.41, 5.74) is 6.93. The lowest BCUT2D eigenvalue weighted by Gasteiger charge is -2.26. The second-order valence-corrected chi connectivity index (χ2v) is 7.49. The van der Waals surface area contributed by atoms with Crippen LogP contribution in [0.3, 0.4) is 0 Å². The number of nitrogens with zero attached hydrogens (tertiary/aromatic N) is 1. The van der Waals surface area contributed by atoms with Crippen LogP contribution in [0, 0.1) is 12.8 Å². The average Bonchev–Trinajstić information content (AvgIpc) is 2.26. The molecule has 0 spiro atoms. The SMILES string of the molecule is Cc1cc(N)ccc1S(=O)(=O)N(C)C(C)CC(C)C. The van der Waals surface area contributed by atoms with Crippen LogP contribution in [0.1, 0.15) is 32.8 Å². The molecule has 0 fully saturated rings. The first kappa shape index (κ1) is 16.0. The van der Waals surface area contributed by atoms with Gasteiger partial charge in [-0.05, 0) is 49.9 Å². The van der Waals surface area contributed by atoms with E-state index in [0.29, 0.717) is 22.1 Å². The third kappa shape index (κ3) is 3.70. The van der Waals surface area contributed by atoms with E-state index in [2.05, 4.69) is 13.8 Å². The van der Waals surface area contributed by atoms with Crippen LogP contribution in [0.5, 0.6) is 0 Å². The van der Waals surface area contributed by atoms with Gasteiger partial charge in [-0.2, -0.15) is 4.31 Å². The van der Waals surface area contributed by atoms with Gasteiger partial charge in [0.2, 0.25) is 10.0 Å². The number of hydrogen-bond acceptors (Lipinski definition) is 3. The monoisotopic (exact) mass is 284 g/mol. The average molecular weight is 284 g/mol. The van der Waals surface area contributed by atoms with Crippen LogP contribution in [0.25, 0.3) is 0 Å². The molecule has 1 rings (SSSR count). The standard InChI is InChI=1S/C14H24N2O2S/c1-10(2)8-12(4)16(5)19(17,18)14-7-6-13(15)9-11(14)3/h6-7,9-10,12H,8,15H2,1-5H3. The van der Waals surface area contributed by atoms with E-state index in [0.717, 1.165) is 6.42 Å². The van der Waals surface area contributed by atoms with Gasteiger partial charge in [0.05, 0.1) is 4.90 Å². The molecule has 5 heteroatoms. The van der Waals surface area contributed by atoms with Crippen molar-refractivity contribution in [1.29, 1.82) is 0 Å². The molecule has 0 aliphatic carbocycles. The van der Waals surface area contributed by atoms with Gasteiger partial charge in [-0.15, -0.1) is 0 Å². The summed E-state index contributed by atoms with van der Waals surface area (Å²) in [6, 6.07) is 4.87. The van der Waals surface area contributed by atoms with Crippen molar-refractivity contribution < 1.29 is 8.42 Å². The van der Waals surface area contributed by atoms with Gasteiger partial charge in [-0.1, -0.05) is 13.8 Å². The molecule has 0 radical (unpaired) electrons. The first-order chi connectivity index (χ1) is 8.66. The molecule has 1 aromatic rings. The van der Waals surface area contributed by atoms with Crippen LogP contribution in [-0.4, -0.2) is 25.8 Å². The molecule has 0 bridgehead atoms. The Kier molecular flexibility index (Phi) is 4.98. The molecular weight excluding hydrogens is 260 g/mol. The van der Waals surface area contributed by atoms with E-state index < -0.39 is 10.0 Å². The Morgan fingerprint density at radius 3 is 2.32 bits per heavy atom. The van der Waals surface area contributed by atoms with Crippen LogP contribution >= 0.6 is 0 Å². The molecular formula is C14H24N2O2S. The van der Waals surface area contributed by atoms with Crippen molar-refractivity contribution in [2.75, 3.05) is 12.8 Å². The topological polar surface area (TPSA) is 63.4 Å². The first-order valence-electron chi connectivity index (χ1n) is 6.50. The van der Waals surface area contributed by atoms with E-state index in [1.54, 1.807) is 32.2 Å². The van der Waals surface area contributed by atoms with Gasteiger partial charge >= 0.3 is 0 Å². The van der Waals surface area contributed by atoms with Gasteiger partial charge in [0.15, 0.2) is 0 Å². The lowest BCUT2D eigenvalue weighted by Crippen LogP contribution is -2.36. The van der Waals surface area contributed by atoms with Gasteiger partial charge in [-0.25, -0.2) is 8.42 Å². The molecule has 4 nitrogen and oxygen atoms in total. The fourth-order valence-electron chi connectivity index (χ4n) is 2.18. The largest absolute Gasteiger partial charge is 0.399 e. The summed E-state index contributed by atoms with van der Waals surface area (Å²) in [5.74, 6) is 0.458. The predicted molar refractivity (Wildman–Crippen MR) is 79.5 cm³/mol. The summed E-state index contributed by atoms with van der Waals surface area (Å²) < 4.78 is 26.6. The second-order valence-electron chi connectivity index (χ2n) is 5.52. The minimum absolute atomic E-state index is 0.0260. The fraction of sp³-hybridized carbons (Fsp3) is 0.571. The number of benzene rings is 1. The molecule has 0 heterocycles. The van der Waals surface area contributed by atoms with Gasteiger partial charge in [-0.3, -0.25) is 0 Å². The van der Waals surface area contributed by atoms with Crippen molar-refractivity contribution in [2.45, 2.75) is 45.1 Å². The lowest BCUT2D eigenvalue weighted by molar-refractivity contribution is 0.337. The van der Waals surface area contributed by atoms with Crippen molar-refractivity contribution in [1.82, 2.24) is 4.31 Å². The second kappa shape index (κ2) is 5.92. The normalized spacial score (nSPS) is 14.1. The highest BCUT2D eigenvalue weighted by atomic mass is 32.2. The highest BCUT2D eigenvalue weighted by Crippen LogP contribution is 2.24. The maximum Gasteiger partial charge on any atom is 0.243 e. The summed E-state index contributed by atoms with van der Waals surface area (Å²) in [5, 5.41) is 0. The van der Waals surface area contributed by atoms with E-state index in [1.807, 2.05) is 6.92 Å². The number of sulfonamides is 1. The van der Waals surface area contributed by atoms with Crippen LogP contribution in [-0.2, 0) is 10.0 Å². The summed E-state index contributed by atoms with van der Waals surface area (Å²) in [7, 11) is -1.82. The Morgan fingerprint density at radius 2 is 1.84 bits per heavy atom. The lowest BCUT2D eigenvalue weighted by atomic mass is 10.1. The van der Waals surface area contributed by atoms with Gasteiger partial charge in [0.25, 0.3) is 0 Å². The maximum absolute atomic E-state index is 12.6. The molecule has 0 saturated heterocycles. The Balaban J connectivity index is 3.09. The number of aryl methyl sites for hydroxylation is 1. The van der Waals surface area contributed by atoms with E-state index in [-0.39, 0.29) is 6.04 Å². The highest BCUT2D eigenvalue weighted by molar-refractivity contribution is 7.89. The van der Waals surface area contributed by atoms with Gasteiger partial charge < -0.3 is 5.73 Å². The molecule has 0 amide bonds. The van der Waals surface area contributed by atoms with Gasteiger partial charge in [0.1, 0.15) is 0 Å². The summed E-state index contributed by atoms with van der Waals surface area (Å²) in [4.78, 5) is 0.333. The number of rotatable bonds is 5. The Morgan fingerprint density at radius 1 is 1.26 bits per heavy atom. The van der Waals surface area contributed by atoms with E-state index in [4.69, 9.17) is 5.73 Å². The van der Waals surface area contributed by atoms with Crippen molar-refractivity contribution in [3.05, 3.63) is 23.8 Å². The Labute approximate surface area is 116 Å². The Bertz CT molecular complexity index is 538. The zero-order valence-corrected chi connectivity index (χ0v) is 13.2. The van der Waals surface area contributed by atoms with Crippen LogP contribution in [0.15, 0.2) is 23.1 Å². The quantitative estimate of drug-likeness (QED) is 0.845. The number of anilines is 1. The third-order valence-electron chi connectivity index (χ3n) is 3.29. The van der Waals surface area contributed by atoms with Crippen molar-refractivity contribution in [2.24, 2.45) is 5.92 Å². The number of hydrogen-bond donors (Lipinski definition) is 1. The van der Waals surface area contributed by atoms with Crippen LogP contribution < -0.4 is 5.73 Å². The fourth-order valence-corrected chi connectivity index (χ4v) is 3.76. The molecule has 19 heavy (non-hydrogen) atoms. The maximum atomic E-state index is 12.6. The zero-order valence-electron chi connectivity index (χ0n) is 12.3. The molecule has 0 aromatic heterocycles. The smallest absolute Gasteiger partial charge is 0.243 e. The first-order valence-corrected chi connectivity index (χ1v) is 7.94. The summed E-state index contributed by atoms with van der Waals surface area (Å²) >= 11 is 0. The molecule has 108 valence electrons. The summed E-state index contributed by atoms with van der Waals surface area (Å²) in [6.07, 6.45) is 0.837. The third-order valence-corrected chi connectivity index (χ3v) is 5.42. The molecule has 0 aliphatic rings. The highest BCUT2D eigenvalue weighted by Gasteiger charge is 2.27. The predicted octanol–water partition coefficient (Wildman–Crippen LogP) is 2.63. The zero-order chi connectivity index (χ0) is 14.8. The minimum atomic E-state index is -3.45. The molecule has 0 aliphatic heterocycles. The summed E-state index contributed by atoms with van der Waals surface area (Å²) in [6.45, 7) is 7.88. The molecule has 1 unspecified atom stereocenters. The minimum Gasteiger partial charge on any atom is -0.399 e. The van der Waals surface area contributed by atoms with Crippen molar-refractivity contribution in [3.63, 3.8) is 0 Å². The molecule has 2 N–H and O–H groups in total. The molecule has 1 atom stereocenters. The van der Waals surface area contributed by atoms with Crippen molar-refractivity contribution >= 4 is 15.7 Å². The van der Waals surface area contributed by atoms with Crippen LogP contribution in [0.2, 0.25) is 0 Å². The van der Waals surface area contributed by atoms with E-state index >= 15 is 0 Å². The number of nitrogen functional groups attached to an aromatic ring is 1. The molecule has 0 saturated carbocycles. The Hall–Kier alpha value is -1.07. The van der Waals surface area contributed by atoms with Gasteiger partial charge in [0, 0.05) is 18.8 Å². The van der Waals surface area contributed by atoms with Crippen LogP contribution in [0.4, 0.5) is 5.69 Å². The molecule has 1 aromatic carbocycles. The number of nitrogens with two attached hydrogens (primary N) is 1.